The number of nitrogens with zero attached hydrogens (tertiary/aromatic N) is 1. The Morgan fingerprint density at radius 3 is 2.95 bits per heavy atom. The number of likely N-dealkylation sites (tertiary alicyclic amines) is 1. The molecule has 6 heteroatoms. The third-order valence-electron chi connectivity index (χ3n) is 4.13. The zero-order valence-electron chi connectivity index (χ0n) is 13.0. The summed E-state index contributed by atoms with van der Waals surface area (Å²) in [5.41, 5.74) is 6.52. The fraction of sp³-hybridized carbons (Fsp3) is 0.562. The van der Waals surface area contributed by atoms with Gasteiger partial charge in [0.05, 0.1) is 5.02 Å². The van der Waals surface area contributed by atoms with Gasteiger partial charge < -0.3 is 11.1 Å². The first-order chi connectivity index (χ1) is 10.4. The van der Waals surface area contributed by atoms with Gasteiger partial charge >= 0.3 is 0 Å². The number of rotatable bonds is 5. The quantitative estimate of drug-likeness (QED) is 0.872. The zero-order chi connectivity index (χ0) is 16.3. The lowest BCUT2D eigenvalue weighted by molar-refractivity contribution is -0.121. The molecule has 2 rings (SSSR count). The van der Waals surface area contributed by atoms with E-state index in [0.29, 0.717) is 13.0 Å². The molecule has 0 saturated carbocycles. The number of hydrogen-bond acceptors (Lipinski definition) is 3. The van der Waals surface area contributed by atoms with Crippen LogP contribution in [0.15, 0.2) is 18.2 Å². The summed E-state index contributed by atoms with van der Waals surface area (Å²) in [7, 11) is 2.01. The normalized spacial score (nSPS) is 23.5. The van der Waals surface area contributed by atoms with E-state index in [9.17, 15) is 9.18 Å². The number of benzene rings is 1. The van der Waals surface area contributed by atoms with Crippen LogP contribution in [0.2, 0.25) is 5.02 Å². The van der Waals surface area contributed by atoms with Crippen molar-refractivity contribution in [3.8, 4) is 0 Å². The Kier molecular flexibility index (Phi) is 5.78. The molecule has 0 aromatic heterocycles. The topological polar surface area (TPSA) is 58.4 Å². The Bertz CT molecular complexity index is 538. The maximum absolute atomic E-state index is 13.7. The third-order valence-corrected chi connectivity index (χ3v) is 4.43. The second kappa shape index (κ2) is 7.40. The maximum atomic E-state index is 13.7. The molecule has 4 nitrogen and oxygen atoms in total. The van der Waals surface area contributed by atoms with Gasteiger partial charge in [0.2, 0.25) is 5.91 Å². The molecule has 1 saturated heterocycles. The molecule has 1 fully saturated rings. The van der Waals surface area contributed by atoms with E-state index in [4.69, 9.17) is 17.3 Å². The number of amides is 1. The summed E-state index contributed by atoms with van der Waals surface area (Å²) in [6.45, 7) is 3.30. The summed E-state index contributed by atoms with van der Waals surface area (Å²) in [5.74, 6) is -0.188. The second-order valence-corrected chi connectivity index (χ2v) is 6.54. The van der Waals surface area contributed by atoms with Crippen LogP contribution in [0.25, 0.3) is 0 Å². The van der Waals surface area contributed by atoms with Gasteiger partial charge in [-0.25, -0.2) is 4.39 Å². The smallest absolute Gasteiger partial charge is 0.221 e. The van der Waals surface area contributed by atoms with Crippen LogP contribution in [-0.4, -0.2) is 37.0 Å². The highest BCUT2D eigenvalue weighted by Crippen LogP contribution is 2.36. The fourth-order valence-corrected chi connectivity index (χ4v) is 3.19. The molecule has 3 N–H and O–H groups in total. The minimum Gasteiger partial charge on any atom is -0.356 e. The molecule has 3 atom stereocenters. The van der Waals surface area contributed by atoms with E-state index < -0.39 is 5.82 Å². The van der Waals surface area contributed by atoms with Crippen molar-refractivity contribution in [2.45, 2.75) is 31.8 Å². The highest BCUT2D eigenvalue weighted by molar-refractivity contribution is 6.30. The van der Waals surface area contributed by atoms with Crippen LogP contribution >= 0.6 is 11.6 Å². The highest BCUT2D eigenvalue weighted by atomic mass is 35.5. The van der Waals surface area contributed by atoms with Crippen molar-refractivity contribution in [1.29, 1.82) is 0 Å². The van der Waals surface area contributed by atoms with Crippen LogP contribution in [0.3, 0.4) is 0 Å². The largest absolute Gasteiger partial charge is 0.356 e. The van der Waals surface area contributed by atoms with Crippen LogP contribution in [0.4, 0.5) is 4.39 Å². The predicted molar refractivity (Wildman–Crippen MR) is 86.2 cm³/mol. The molecule has 122 valence electrons. The first-order valence-corrected chi connectivity index (χ1v) is 7.93. The molecule has 0 spiro atoms. The Morgan fingerprint density at radius 2 is 2.32 bits per heavy atom. The summed E-state index contributed by atoms with van der Waals surface area (Å²) in [6.07, 6.45) is 1.28. The van der Waals surface area contributed by atoms with E-state index >= 15 is 0 Å². The summed E-state index contributed by atoms with van der Waals surface area (Å²) < 4.78 is 13.7. The molecule has 0 radical (unpaired) electrons. The van der Waals surface area contributed by atoms with Crippen LogP contribution < -0.4 is 11.1 Å². The van der Waals surface area contributed by atoms with Gasteiger partial charge in [-0.05, 0) is 50.6 Å². The minimum absolute atomic E-state index is 0.0365. The van der Waals surface area contributed by atoms with Crippen molar-refractivity contribution in [1.82, 2.24) is 10.2 Å². The van der Waals surface area contributed by atoms with Gasteiger partial charge in [0.15, 0.2) is 0 Å². The maximum Gasteiger partial charge on any atom is 0.221 e. The average Bonchev–Trinajstić information content (AvgIpc) is 2.80. The van der Waals surface area contributed by atoms with E-state index in [1.54, 1.807) is 6.07 Å². The summed E-state index contributed by atoms with van der Waals surface area (Å²) in [4.78, 5) is 13.9. The standard InChI is InChI=1S/C16H23ClFN3O/c1-10(19)7-15(22)20-9-12-5-6-21(2)16(12)11-3-4-13(17)14(18)8-11/h3-4,8,10,12,16H,5-7,9,19H2,1-2H3,(H,20,22). The Hall–Kier alpha value is -1.17. The Labute approximate surface area is 135 Å². The third kappa shape index (κ3) is 4.18. The van der Waals surface area contributed by atoms with Crippen LogP contribution in [0.5, 0.6) is 0 Å². The number of carbonyl (C=O) groups excluding carboxylic acids is 1. The summed E-state index contributed by atoms with van der Waals surface area (Å²) in [5, 5.41) is 3.07. The monoisotopic (exact) mass is 327 g/mol. The van der Waals surface area contributed by atoms with Crippen molar-refractivity contribution in [3.63, 3.8) is 0 Å². The minimum atomic E-state index is -0.404. The van der Waals surface area contributed by atoms with Crippen LogP contribution in [0, 0.1) is 11.7 Å². The predicted octanol–water partition coefficient (Wildman–Crippen LogP) is 2.33. The molecular weight excluding hydrogens is 305 g/mol. The fourth-order valence-electron chi connectivity index (χ4n) is 3.07. The van der Waals surface area contributed by atoms with Crippen molar-refractivity contribution in [2.75, 3.05) is 20.1 Å². The molecular formula is C16H23ClFN3O. The average molecular weight is 328 g/mol. The number of nitrogens with one attached hydrogen (secondary N) is 1. The Morgan fingerprint density at radius 1 is 1.59 bits per heavy atom. The number of halogens is 2. The van der Waals surface area contributed by atoms with Crippen molar-refractivity contribution < 1.29 is 9.18 Å². The van der Waals surface area contributed by atoms with Crippen molar-refractivity contribution in [2.24, 2.45) is 11.7 Å². The lowest BCUT2D eigenvalue weighted by atomic mass is 9.93. The molecule has 1 aromatic carbocycles. The second-order valence-electron chi connectivity index (χ2n) is 6.13. The zero-order valence-corrected chi connectivity index (χ0v) is 13.7. The van der Waals surface area contributed by atoms with Gasteiger partial charge in [0.25, 0.3) is 0 Å². The first kappa shape index (κ1) is 17.2. The van der Waals surface area contributed by atoms with Crippen molar-refractivity contribution >= 4 is 17.5 Å². The van der Waals surface area contributed by atoms with E-state index in [1.807, 2.05) is 20.0 Å². The molecule has 1 aromatic rings. The summed E-state index contributed by atoms with van der Waals surface area (Å²) >= 11 is 5.75. The highest BCUT2D eigenvalue weighted by Gasteiger charge is 2.33. The lowest BCUT2D eigenvalue weighted by Gasteiger charge is -2.26. The van der Waals surface area contributed by atoms with Gasteiger partial charge in [0, 0.05) is 25.0 Å². The van der Waals surface area contributed by atoms with Gasteiger partial charge in [-0.2, -0.15) is 0 Å². The van der Waals surface area contributed by atoms with Gasteiger partial charge in [-0.15, -0.1) is 0 Å². The SMILES string of the molecule is CC(N)CC(=O)NCC1CCN(C)C1c1ccc(Cl)c(F)c1. The molecule has 1 aliphatic rings. The van der Waals surface area contributed by atoms with Gasteiger partial charge in [-0.1, -0.05) is 17.7 Å². The van der Waals surface area contributed by atoms with Gasteiger partial charge in [0.1, 0.15) is 5.82 Å². The first-order valence-electron chi connectivity index (χ1n) is 7.56. The van der Waals surface area contributed by atoms with E-state index in [-0.39, 0.29) is 28.9 Å². The molecule has 0 bridgehead atoms. The molecule has 1 amide bonds. The Balaban J connectivity index is 2.04. The van der Waals surface area contributed by atoms with Crippen molar-refractivity contribution in [3.05, 3.63) is 34.6 Å². The molecule has 3 unspecified atom stereocenters. The van der Waals surface area contributed by atoms with Crippen LogP contribution in [-0.2, 0) is 4.79 Å². The van der Waals surface area contributed by atoms with E-state index in [0.717, 1.165) is 18.5 Å². The number of nitrogens with two attached hydrogens (primary N) is 1. The van der Waals surface area contributed by atoms with E-state index in [1.165, 1.54) is 6.07 Å². The van der Waals surface area contributed by atoms with E-state index in [2.05, 4.69) is 10.2 Å². The van der Waals surface area contributed by atoms with Crippen LogP contribution in [0.1, 0.15) is 31.4 Å². The van der Waals surface area contributed by atoms with Gasteiger partial charge in [-0.3, -0.25) is 9.69 Å². The molecule has 0 aliphatic carbocycles. The number of hydrogen-bond donors (Lipinski definition) is 2. The summed E-state index contributed by atoms with van der Waals surface area (Å²) in [6, 6.07) is 4.87. The molecule has 22 heavy (non-hydrogen) atoms. The molecule has 1 heterocycles. The lowest BCUT2D eigenvalue weighted by Crippen LogP contribution is -2.35. The molecule has 1 aliphatic heterocycles. The number of carbonyl (C=O) groups is 1.